The van der Waals surface area contributed by atoms with Crippen molar-refractivity contribution >= 4 is 11.9 Å². The molecular formula is C8H13NO4. The van der Waals surface area contributed by atoms with E-state index >= 15 is 0 Å². The maximum atomic E-state index is 10.7. The predicted molar refractivity (Wildman–Crippen MR) is 44.5 cm³/mol. The first kappa shape index (κ1) is 9.98. The zero-order chi connectivity index (χ0) is 10.0. The summed E-state index contributed by atoms with van der Waals surface area (Å²) in [5.74, 6) is -1.87. The molecule has 13 heavy (non-hydrogen) atoms. The van der Waals surface area contributed by atoms with Crippen molar-refractivity contribution in [1.29, 1.82) is 0 Å². The van der Waals surface area contributed by atoms with E-state index in [1.165, 1.54) is 4.90 Å². The van der Waals surface area contributed by atoms with E-state index in [4.69, 9.17) is 10.2 Å². The van der Waals surface area contributed by atoms with Crippen LogP contribution in [0.3, 0.4) is 0 Å². The molecule has 1 fully saturated rings. The zero-order valence-electron chi connectivity index (χ0n) is 7.43. The molecule has 2 N–H and O–H groups in total. The second-order valence-electron chi connectivity index (χ2n) is 3.30. The molecule has 0 saturated carbocycles. The van der Waals surface area contributed by atoms with Crippen LogP contribution in [0.4, 0.5) is 0 Å². The highest BCUT2D eigenvalue weighted by molar-refractivity contribution is 5.78. The number of likely N-dealkylation sites (N-methyl/N-ethyl adjacent to an activating group) is 1. The Balaban J connectivity index is 2.71. The van der Waals surface area contributed by atoms with Crippen LogP contribution in [0, 0.1) is 0 Å². The summed E-state index contributed by atoms with van der Waals surface area (Å²) in [6.45, 7) is 0. The number of carboxylic acid groups (broad SMARTS) is 2. The van der Waals surface area contributed by atoms with Crippen molar-refractivity contribution < 1.29 is 19.8 Å². The highest BCUT2D eigenvalue weighted by Gasteiger charge is 2.35. The number of carbonyl (C=O) groups is 2. The van der Waals surface area contributed by atoms with E-state index in [0.717, 1.165) is 0 Å². The molecule has 0 aromatic carbocycles. The molecule has 0 aromatic heterocycles. The Morgan fingerprint density at radius 2 is 1.54 bits per heavy atom. The van der Waals surface area contributed by atoms with Crippen LogP contribution in [0.25, 0.3) is 0 Å². The average molecular weight is 187 g/mol. The van der Waals surface area contributed by atoms with Gasteiger partial charge in [0.2, 0.25) is 0 Å². The largest absolute Gasteiger partial charge is 0.480 e. The Morgan fingerprint density at radius 3 is 1.85 bits per heavy atom. The van der Waals surface area contributed by atoms with Gasteiger partial charge in [-0.1, -0.05) is 0 Å². The molecule has 74 valence electrons. The quantitative estimate of drug-likeness (QED) is 0.636. The van der Waals surface area contributed by atoms with Gasteiger partial charge in [0.1, 0.15) is 12.1 Å². The first-order chi connectivity index (χ1) is 6.04. The van der Waals surface area contributed by atoms with Crippen LogP contribution in [0.1, 0.15) is 19.3 Å². The minimum Gasteiger partial charge on any atom is -0.480 e. The van der Waals surface area contributed by atoms with Crippen molar-refractivity contribution in [3.05, 3.63) is 0 Å². The molecule has 0 amide bonds. The summed E-state index contributed by atoms with van der Waals surface area (Å²) in [6.07, 6.45) is 1.74. The Labute approximate surface area is 76.0 Å². The number of hydrogen-bond acceptors (Lipinski definition) is 3. The third-order valence-electron chi connectivity index (χ3n) is 2.51. The number of nitrogens with zero attached hydrogens (tertiary/aromatic N) is 1. The molecule has 2 atom stereocenters. The number of likely N-dealkylation sites (tertiary alicyclic amines) is 1. The number of piperidine rings is 1. The molecule has 0 aliphatic carbocycles. The van der Waals surface area contributed by atoms with Gasteiger partial charge >= 0.3 is 11.9 Å². The van der Waals surface area contributed by atoms with Gasteiger partial charge in [0.15, 0.2) is 0 Å². The number of carboxylic acids is 2. The molecule has 5 heteroatoms. The Morgan fingerprint density at radius 1 is 1.15 bits per heavy atom. The lowest BCUT2D eigenvalue weighted by Gasteiger charge is -2.34. The van der Waals surface area contributed by atoms with Crippen LogP contribution in [0.2, 0.25) is 0 Å². The van der Waals surface area contributed by atoms with Gasteiger partial charge in [-0.2, -0.15) is 0 Å². The summed E-state index contributed by atoms with van der Waals surface area (Å²) < 4.78 is 0. The molecule has 1 aliphatic heterocycles. The second-order valence-corrected chi connectivity index (χ2v) is 3.30. The topological polar surface area (TPSA) is 77.8 Å². The van der Waals surface area contributed by atoms with Crippen LogP contribution in [0.5, 0.6) is 0 Å². The van der Waals surface area contributed by atoms with Gasteiger partial charge in [-0.05, 0) is 26.3 Å². The molecular weight excluding hydrogens is 174 g/mol. The van der Waals surface area contributed by atoms with E-state index in [1.807, 2.05) is 0 Å². The van der Waals surface area contributed by atoms with Gasteiger partial charge in [0.25, 0.3) is 0 Å². The first-order valence-electron chi connectivity index (χ1n) is 4.21. The van der Waals surface area contributed by atoms with Crippen LogP contribution < -0.4 is 0 Å². The standard InChI is InChI=1S/C8H13NO4/c1-9-5(7(10)11)3-2-4-6(9)8(12)13/h5-6H,2-4H2,1H3,(H,10,11)(H,12,13)/t5-,6?/m1/s1. The lowest BCUT2D eigenvalue weighted by molar-refractivity contribution is -0.152. The van der Waals surface area contributed by atoms with E-state index in [0.29, 0.717) is 19.3 Å². The van der Waals surface area contributed by atoms with Gasteiger partial charge in [-0.3, -0.25) is 14.5 Å². The fourth-order valence-corrected chi connectivity index (χ4v) is 1.72. The van der Waals surface area contributed by atoms with Crippen LogP contribution in [-0.2, 0) is 9.59 Å². The van der Waals surface area contributed by atoms with E-state index in [9.17, 15) is 9.59 Å². The molecule has 1 unspecified atom stereocenters. The number of aliphatic carboxylic acids is 2. The highest BCUT2D eigenvalue weighted by atomic mass is 16.4. The molecule has 0 radical (unpaired) electrons. The maximum Gasteiger partial charge on any atom is 0.320 e. The fourth-order valence-electron chi connectivity index (χ4n) is 1.72. The lowest BCUT2D eigenvalue weighted by Crippen LogP contribution is -2.51. The Kier molecular flexibility index (Phi) is 2.87. The maximum absolute atomic E-state index is 10.7. The van der Waals surface area contributed by atoms with Crippen molar-refractivity contribution in [1.82, 2.24) is 4.90 Å². The van der Waals surface area contributed by atoms with Crippen molar-refractivity contribution in [3.63, 3.8) is 0 Å². The predicted octanol–water partition coefficient (Wildman–Crippen LogP) is 0.00850. The minimum atomic E-state index is -0.937. The molecule has 5 nitrogen and oxygen atoms in total. The minimum absolute atomic E-state index is 0.537. The number of hydrogen-bond donors (Lipinski definition) is 2. The van der Waals surface area contributed by atoms with Crippen molar-refractivity contribution in [2.24, 2.45) is 0 Å². The van der Waals surface area contributed by atoms with Crippen LogP contribution in [-0.4, -0.2) is 46.2 Å². The molecule has 1 aliphatic rings. The summed E-state index contributed by atoms with van der Waals surface area (Å²) in [4.78, 5) is 22.8. The molecule has 1 saturated heterocycles. The second kappa shape index (κ2) is 3.74. The zero-order valence-corrected chi connectivity index (χ0v) is 7.43. The molecule has 0 bridgehead atoms. The summed E-state index contributed by atoms with van der Waals surface area (Å²) in [7, 11) is 1.55. The molecule has 0 spiro atoms. The van der Waals surface area contributed by atoms with Crippen LogP contribution >= 0.6 is 0 Å². The summed E-state index contributed by atoms with van der Waals surface area (Å²) >= 11 is 0. The first-order valence-corrected chi connectivity index (χ1v) is 4.21. The van der Waals surface area contributed by atoms with E-state index in [-0.39, 0.29) is 0 Å². The van der Waals surface area contributed by atoms with Gasteiger partial charge in [-0.15, -0.1) is 0 Å². The third kappa shape index (κ3) is 1.98. The van der Waals surface area contributed by atoms with Gasteiger partial charge in [0.05, 0.1) is 0 Å². The summed E-state index contributed by atoms with van der Waals surface area (Å²) in [5.41, 5.74) is 0. The summed E-state index contributed by atoms with van der Waals surface area (Å²) in [5, 5.41) is 17.5. The lowest BCUT2D eigenvalue weighted by atomic mass is 9.96. The van der Waals surface area contributed by atoms with Crippen molar-refractivity contribution in [2.45, 2.75) is 31.3 Å². The monoisotopic (exact) mass is 187 g/mol. The van der Waals surface area contributed by atoms with Gasteiger partial charge in [0, 0.05) is 0 Å². The molecule has 1 rings (SSSR count). The van der Waals surface area contributed by atoms with E-state index in [2.05, 4.69) is 0 Å². The highest BCUT2D eigenvalue weighted by Crippen LogP contribution is 2.21. The SMILES string of the molecule is CN1C(C(=O)O)CCC[C@@H]1C(=O)O. The molecule has 1 heterocycles. The van der Waals surface area contributed by atoms with Crippen molar-refractivity contribution in [3.8, 4) is 0 Å². The summed E-state index contributed by atoms with van der Waals surface area (Å²) in [6, 6.07) is -1.29. The fraction of sp³-hybridized carbons (Fsp3) is 0.750. The average Bonchev–Trinajstić information content (AvgIpc) is 2.03. The Bertz CT molecular complexity index is 206. The molecule has 0 aromatic rings. The number of rotatable bonds is 2. The van der Waals surface area contributed by atoms with Gasteiger partial charge in [-0.25, -0.2) is 0 Å². The van der Waals surface area contributed by atoms with E-state index < -0.39 is 24.0 Å². The van der Waals surface area contributed by atoms with Crippen molar-refractivity contribution in [2.75, 3.05) is 7.05 Å². The third-order valence-corrected chi connectivity index (χ3v) is 2.51. The van der Waals surface area contributed by atoms with Crippen LogP contribution in [0.15, 0.2) is 0 Å². The smallest absolute Gasteiger partial charge is 0.320 e. The van der Waals surface area contributed by atoms with E-state index in [1.54, 1.807) is 7.05 Å². The van der Waals surface area contributed by atoms with Gasteiger partial charge < -0.3 is 10.2 Å². The normalized spacial score (nSPS) is 29.9. The Hall–Kier alpha value is -1.10.